The monoisotopic (exact) mass is 382 g/mol. The summed E-state index contributed by atoms with van der Waals surface area (Å²) in [6.07, 6.45) is 6.52. The van der Waals surface area contributed by atoms with E-state index < -0.39 is 0 Å². The van der Waals surface area contributed by atoms with Crippen LogP contribution in [0.4, 0.5) is 5.82 Å². The van der Waals surface area contributed by atoms with E-state index in [0.717, 1.165) is 47.2 Å². The highest BCUT2D eigenvalue weighted by Gasteiger charge is 2.28. The predicted molar refractivity (Wildman–Crippen MR) is 106 cm³/mol. The van der Waals surface area contributed by atoms with Crippen LogP contribution in [-0.2, 0) is 11.3 Å². The van der Waals surface area contributed by atoms with Crippen molar-refractivity contribution in [2.45, 2.75) is 32.7 Å². The van der Waals surface area contributed by atoms with Gasteiger partial charge in [0.2, 0.25) is 5.91 Å². The lowest BCUT2D eigenvalue weighted by atomic mass is 9.97. The van der Waals surface area contributed by atoms with Gasteiger partial charge in [-0.2, -0.15) is 5.10 Å². The summed E-state index contributed by atoms with van der Waals surface area (Å²) in [6.45, 7) is 5.88. The van der Waals surface area contributed by atoms with E-state index in [1.807, 2.05) is 42.5 Å². The molecule has 1 fully saturated rings. The van der Waals surface area contributed by atoms with Crippen molar-refractivity contribution in [1.29, 1.82) is 0 Å². The van der Waals surface area contributed by atoms with Gasteiger partial charge in [-0.15, -0.1) is 11.3 Å². The Hall–Kier alpha value is -2.74. The van der Waals surface area contributed by atoms with Gasteiger partial charge in [0.1, 0.15) is 5.82 Å². The number of carbonyl (C=O) groups is 1. The molecule has 0 aliphatic carbocycles. The van der Waals surface area contributed by atoms with E-state index in [9.17, 15) is 4.79 Å². The Morgan fingerprint density at radius 3 is 3.04 bits per heavy atom. The van der Waals surface area contributed by atoms with Gasteiger partial charge in [-0.05, 0) is 31.0 Å². The fourth-order valence-corrected chi connectivity index (χ4v) is 4.21. The van der Waals surface area contributed by atoms with Crippen molar-refractivity contribution in [2.24, 2.45) is 0 Å². The Kier molecular flexibility index (Phi) is 4.89. The van der Waals surface area contributed by atoms with Gasteiger partial charge >= 0.3 is 0 Å². The molecule has 3 aromatic rings. The zero-order chi connectivity index (χ0) is 18.8. The van der Waals surface area contributed by atoms with Gasteiger partial charge in [-0.3, -0.25) is 9.89 Å². The van der Waals surface area contributed by atoms with Crippen LogP contribution in [0.5, 0.6) is 0 Å². The molecule has 2 N–H and O–H groups in total. The smallest absolute Gasteiger partial charge is 0.219 e. The Bertz CT molecular complexity index is 949. The van der Waals surface area contributed by atoms with Gasteiger partial charge in [-0.1, -0.05) is 0 Å². The third-order valence-electron chi connectivity index (χ3n) is 4.89. The molecule has 4 heterocycles. The normalized spacial score (nSPS) is 16.7. The third-order valence-corrected chi connectivity index (χ3v) is 5.81. The molecule has 1 unspecified atom stereocenters. The number of aromatic amines is 1. The number of thiazole rings is 1. The Labute approximate surface area is 161 Å². The van der Waals surface area contributed by atoms with E-state index >= 15 is 0 Å². The largest absolute Gasteiger partial charge is 0.365 e. The summed E-state index contributed by atoms with van der Waals surface area (Å²) < 4.78 is 0. The standard InChI is InChI=1S/C19H22N6OS/c1-12-21-8-16(27-12)9-22-18-7-14(3-5-20-18)17-10-23-24-19(17)15-4-6-25(11-15)13(2)26/h3,5,7-8,10,15H,4,6,9,11H2,1-2H3,(H,20,22)(H,23,24). The van der Waals surface area contributed by atoms with Crippen LogP contribution in [0.15, 0.2) is 30.7 Å². The minimum atomic E-state index is 0.132. The SMILES string of the molecule is CC(=O)N1CCC(c2[nH]ncc2-c2ccnc(NCc3cnc(C)s3)c2)C1. The van der Waals surface area contributed by atoms with E-state index in [0.29, 0.717) is 6.54 Å². The number of hydrogen-bond acceptors (Lipinski definition) is 6. The molecule has 0 spiro atoms. The summed E-state index contributed by atoms with van der Waals surface area (Å²) in [5, 5.41) is 11.8. The Balaban J connectivity index is 1.51. The molecule has 0 radical (unpaired) electrons. The summed E-state index contributed by atoms with van der Waals surface area (Å²) in [5.41, 5.74) is 3.23. The molecule has 27 heavy (non-hydrogen) atoms. The number of nitrogens with zero attached hydrogens (tertiary/aromatic N) is 4. The molecule has 3 aromatic heterocycles. The average molecular weight is 382 g/mol. The quantitative estimate of drug-likeness (QED) is 0.708. The molecular weight excluding hydrogens is 360 g/mol. The molecule has 7 nitrogen and oxygen atoms in total. The molecule has 1 saturated heterocycles. The number of aryl methyl sites for hydroxylation is 1. The first-order valence-corrected chi connectivity index (χ1v) is 9.82. The first-order chi connectivity index (χ1) is 13.1. The lowest BCUT2D eigenvalue weighted by molar-refractivity contribution is -0.127. The molecule has 0 aromatic carbocycles. The first kappa shape index (κ1) is 17.7. The molecule has 1 atom stereocenters. The Morgan fingerprint density at radius 1 is 1.41 bits per heavy atom. The zero-order valence-corrected chi connectivity index (χ0v) is 16.2. The molecule has 140 valence electrons. The number of carbonyl (C=O) groups excluding carboxylic acids is 1. The summed E-state index contributed by atoms with van der Waals surface area (Å²) >= 11 is 1.68. The van der Waals surface area contributed by atoms with Crippen molar-refractivity contribution in [3.63, 3.8) is 0 Å². The number of likely N-dealkylation sites (tertiary alicyclic amines) is 1. The van der Waals surface area contributed by atoms with E-state index in [2.05, 4.69) is 25.5 Å². The number of rotatable bonds is 5. The van der Waals surface area contributed by atoms with Crippen molar-refractivity contribution in [1.82, 2.24) is 25.1 Å². The molecule has 8 heteroatoms. The lowest BCUT2D eigenvalue weighted by Crippen LogP contribution is -2.25. The van der Waals surface area contributed by atoms with Crippen LogP contribution in [-0.4, -0.2) is 44.1 Å². The number of pyridine rings is 1. The summed E-state index contributed by atoms with van der Waals surface area (Å²) in [4.78, 5) is 23.4. The number of H-pyrrole nitrogens is 1. The number of amides is 1. The molecule has 1 aliphatic heterocycles. The van der Waals surface area contributed by atoms with Crippen LogP contribution < -0.4 is 5.32 Å². The Morgan fingerprint density at radius 2 is 2.30 bits per heavy atom. The minimum absolute atomic E-state index is 0.132. The van der Waals surface area contributed by atoms with Gasteiger partial charge in [0, 0.05) is 54.5 Å². The van der Waals surface area contributed by atoms with Crippen molar-refractivity contribution in [3.8, 4) is 11.1 Å². The third kappa shape index (κ3) is 3.85. The maximum absolute atomic E-state index is 11.6. The molecule has 1 amide bonds. The summed E-state index contributed by atoms with van der Waals surface area (Å²) in [5.74, 6) is 1.24. The molecule has 1 aliphatic rings. The van der Waals surface area contributed by atoms with Gasteiger partial charge in [0.15, 0.2) is 0 Å². The van der Waals surface area contributed by atoms with E-state index in [1.165, 1.54) is 4.88 Å². The maximum Gasteiger partial charge on any atom is 0.219 e. The van der Waals surface area contributed by atoms with Crippen LogP contribution in [0.2, 0.25) is 0 Å². The molecular formula is C19H22N6OS. The van der Waals surface area contributed by atoms with Gasteiger partial charge in [0.25, 0.3) is 0 Å². The minimum Gasteiger partial charge on any atom is -0.365 e. The fourth-order valence-electron chi connectivity index (χ4n) is 3.48. The van der Waals surface area contributed by atoms with E-state index in [1.54, 1.807) is 18.3 Å². The molecule has 0 bridgehead atoms. The van der Waals surface area contributed by atoms with Gasteiger partial charge in [0.05, 0.1) is 17.7 Å². The second-order valence-electron chi connectivity index (χ2n) is 6.78. The van der Waals surface area contributed by atoms with E-state index in [4.69, 9.17) is 0 Å². The van der Waals surface area contributed by atoms with Crippen LogP contribution in [0.3, 0.4) is 0 Å². The van der Waals surface area contributed by atoms with Crippen LogP contribution in [0.25, 0.3) is 11.1 Å². The lowest BCUT2D eigenvalue weighted by Gasteiger charge is -2.14. The van der Waals surface area contributed by atoms with Crippen molar-refractivity contribution in [3.05, 3.63) is 46.3 Å². The predicted octanol–water partition coefficient (Wildman–Crippen LogP) is 3.18. The number of nitrogens with one attached hydrogen (secondary N) is 2. The summed E-state index contributed by atoms with van der Waals surface area (Å²) in [6, 6.07) is 4.04. The van der Waals surface area contributed by atoms with Gasteiger partial charge in [-0.25, -0.2) is 9.97 Å². The van der Waals surface area contributed by atoms with Crippen molar-refractivity contribution >= 4 is 23.1 Å². The fraction of sp³-hybridized carbons (Fsp3) is 0.368. The number of anilines is 1. The van der Waals surface area contributed by atoms with E-state index in [-0.39, 0.29) is 11.8 Å². The first-order valence-electron chi connectivity index (χ1n) is 9.00. The highest BCUT2D eigenvalue weighted by molar-refractivity contribution is 7.11. The zero-order valence-electron chi connectivity index (χ0n) is 15.4. The highest BCUT2D eigenvalue weighted by atomic mass is 32.1. The van der Waals surface area contributed by atoms with Crippen molar-refractivity contribution in [2.75, 3.05) is 18.4 Å². The second kappa shape index (κ2) is 7.48. The van der Waals surface area contributed by atoms with Crippen LogP contribution in [0, 0.1) is 6.92 Å². The number of hydrogen-bond donors (Lipinski definition) is 2. The molecule has 4 rings (SSSR count). The second-order valence-corrected chi connectivity index (χ2v) is 8.10. The van der Waals surface area contributed by atoms with Crippen molar-refractivity contribution < 1.29 is 4.79 Å². The highest BCUT2D eigenvalue weighted by Crippen LogP contribution is 2.33. The number of aromatic nitrogens is 4. The van der Waals surface area contributed by atoms with Crippen LogP contribution >= 0.6 is 11.3 Å². The maximum atomic E-state index is 11.6. The summed E-state index contributed by atoms with van der Waals surface area (Å²) in [7, 11) is 0. The van der Waals surface area contributed by atoms with Gasteiger partial charge < -0.3 is 10.2 Å². The van der Waals surface area contributed by atoms with Crippen LogP contribution in [0.1, 0.15) is 34.8 Å². The average Bonchev–Trinajstić information content (AvgIpc) is 3.40. The topological polar surface area (TPSA) is 86.8 Å². The molecule has 0 saturated carbocycles.